The summed E-state index contributed by atoms with van der Waals surface area (Å²) in [6.07, 6.45) is 1.62. The third-order valence-corrected chi connectivity index (χ3v) is 2.58. The second-order valence-corrected chi connectivity index (χ2v) is 3.99. The standard InChI is InChI=1S/C15H11N3O2/c16-9-11-1-3-12(4-2-11)10-17-18-14-7-5-13(6-8-14)15(19)20/h1-8,10,18H,(H,19,20)/b17-10+. The van der Waals surface area contributed by atoms with Crippen LogP contribution in [0.2, 0.25) is 0 Å². The van der Waals surface area contributed by atoms with Gasteiger partial charge >= 0.3 is 5.97 Å². The van der Waals surface area contributed by atoms with Gasteiger partial charge in [-0.3, -0.25) is 5.43 Å². The van der Waals surface area contributed by atoms with Gasteiger partial charge in [0, 0.05) is 0 Å². The first-order chi connectivity index (χ1) is 9.69. The molecule has 0 unspecified atom stereocenters. The van der Waals surface area contributed by atoms with Crippen molar-refractivity contribution in [1.29, 1.82) is 5.26 Å². The van der Waals surface area contributed by atoms with E-state index in [9.17, 15) is 4.79 Å². The minimum atomic E-state index is -0.961. The maximum absolute atomic E-state index is 10.7. The number of carbonyl (C=O) groups is 1. The molecule has 0 saturated heterocycles. The van der Waals surface area contributed by atoms with Gasteiger partial charge in [0.2, 0.25) is 0 Å². The first kappa shape index (κ1) is 13.3. The summed E-state index contributed by atoms with van der Waals surface area (Å²) >= 11 is 0. The maximum atomic E-state index is 10.7. The molecule has 98 valence electrons. The number of carboxylic acid groups (broad SMARTS) is 1. The number of carboxylic acids is 1. The third kappa shape index (κ3) is 3.43. The number of nitrogens with zero attached hydrogens (tertiary/aromatic N) is 2. The first-order valence-electron chi connectivity index (χ1n) is 5.81. The van der Waals surface area contributed by atoms with Crippen LogP contribution < -0.4 is 5.43 Å². The predicted octanol–water partition coefficient (Wildman–Crippen LogP) is 2.70. The minimum Gasteiger partial charge on any atom is -0.478 e. The van der Waals surface area contributed by atoms with Crippen molar-refractivity contribution in [3.63, 3.8) is 0 Å². The third-order valence-electron chi connectivity index (χ3n) is 2.58. The molecule has 0 radical (unpaired) electrons. The summed E-state index contributed by atoms with van der Waals surface area (Å²) in [5, 5.41) is 21.5. The van der Waals surface area contributed by atoms with Gasteiger partial charge in [-0.05, 0) is 42.0 Å². The summed E-state index contributed by atoms with van der Waals surface area (Å²) in [4.78, 5) is 10.7. The Morgan fingerprint density at radius 3 is 2.35 bits per heavy atom. The summed E-state index contributed by atoms with van der Waals surface area (Å²) in [5.74, 6) is -0.961. The Labute approximate surface area is 115 Å². The van der Waals surface area contributed by atoms with E-state index in [4.69, 9.17) is 10.4 Å². The highest BCUT2D eigenvalue weighted by Crippen LogP contribution is 2.09. The second kappa shape index (κ2) is 6.16. The Hall–Kier alpha value is -3.13. The summed E-state index contributed by atoms with van der Waals surface area (Å²) < 4.78 is 0. The first-order valence-corrected chi connectivity index (χ1v) is 5.81. The van der Waals surface area contributed by atoms with Crippen LogP contribution in [0.3, 0.4) is 0 Å². The van der Waals surface area contributed by atoms with Crippen LogP contribution >= 0.6 is 0 Å². The van der Waals surface area contributed by atoms with Gasteiger partial charge in [-0.2, -0.15) is 10.4 Å². The van der Waals surface area contributed by atoms with E-state index in [0.717, 1.165) is 5.56 Å². The van der Waals surface area contributed by atoms with Crippen LogP contribution in [0, 0.1) is 11.3 Å². The SMILES string of the molecule is N#Cc1ccc(/C=N/Nc2ccc(C(=O)O)cc2)cc1. The van der Waals surface area contributed by atoms with Gasteiger partial charge in [-0.25, -0.2) is 4.79 Å². The van der Waals surface area contributed by atoms with Crippen LogP contribution in [0.1, 0.15) is 21.5 Å². The Morgan fingerprint density at radius 2 is 1.80 bits per heavy atom. The summed E-state index contributed by atoms with van der Waals surface area (Å²) in [5.41, 5.74) is 5.18. The summed E-state index contributed by atoms with van der Waals surface area (Å²) in [6.45, 7) is 0. The molecule has 2 N–H and O–H groups in total. The Kier molecular flexibility index (Phi) is 4.10. The zero-order valence-corrected chi connectivity index (χ0v) is 10.4. The molecule has 5 nitrogen and oxygen atoms in total. The predicted molar refractivity (Wildman–Crippen MR) is 75.8 cm³/mol. The average molecular weight is 265 g/mol. The van der Waals surface area contributed by atoms with E-state index in [1.807, 2.05) is 6.07 Å². The fourth-order valence-corrected chi connectivity index (χ4v) is 1.51. The van der Waals surface area contributed by atoms with Gasteiger partial charge in [0.1, 0.15) is 0 Å². The van der Waals surface area contributed by atoms with E-state index in [-0.39, 0.29) is 5.56 Å². The number of nitriles is 1. The zero-order valence-electron chi connectivity index (χ0n) is 10.4. The van der Waals surface area contributed by atoms with Crippen LogP contribution in [0.15, 0.2) is 53.6 Å². The van der Waals surface area contributed by atoms with Gasteiger partial charge < -0.3 is 5.11 Å². The molecule has 0 bridgehead atoms. The molecular weight excluding hydrogens is 254 g/mol. The fourth-order valence-electron chi connectivity index (χ4n) is 1.51. The number of anilines is 1. The Morgan fingerprint density at radius 1 is 1.15 bits per heavy atom. The highest BCUT2D eigenvalue weighted by Gasteiger charge is 2.00. The van der Waals surface area contributed by atoms with Gasteiger partial charge in [0.15, 0.2) is 0 Å². The lowest BCUT2D eigenvalue weighted by Crippen LogP contribution is -1.96. The van der Waals surface area contributed by atoms with Crippen LogP contribution in [-0.2, 0) is 0 Å². The van der Waals surface area contributed by atoms with Crippen molar-refractivity contribution in [1.82, 2.24) is 0 Å². The van der Waals surface area contributed by atoms with Gasteiger partial charge in [0.25, 0.3) is 0 Å². The van der Waals surface area contributed by atoms with Gasteiger partial charge in [0.05, 0.1) is 29.1 Å². The molecule has 2 rings (SSSR count). The maximum Gasteiger partial charge on any atom is 0.335 e. The number of hydrogen-bond donors (Lipinski definition) is 2. The molecule has 0 fully saturated rings. The van der Waals surface area contributed by atoms with Gasteiger partial charge in [-0.1, -0.05) is 12.1 Å². The molecule has 0 aliphatic rings. The lowest BCUT2D eigenvalue weighted by molar-refractivity contribution is 0.0697. The van der Waals surface area contributed by atoms with E-state index in [2.05, 4.69) is 10.5 Å². The molecule has 0 aliphatic carbocycles. The molecule has 0 atom stereocenters. The van der Waals surface area contributed by atoms with E-state index >= 15 is 0 Å². The lowest BCUT2D eigenvalue weighted by atomic mass is 10.2. The summed E-state index contributed by atoms with van der Waals surface area (Å²) in [6, 6.07) is 15.3. The molecule has 0 aliphatic heterocycles. The Balaban J connectivity index is 1.98. The van der Waals surface area contributed by atoms with Crippen molar-refractivity contribution in [2.24, 2.45) is 5.10 Å². The van der Waals surface area contributed by atoms with Crippen molar-refractivity contribution in [2.75, 3.05) is 5.43 Å². The van der Waals surface area contributed by atoms with Crippen LogP contribution in [-0.4, -0.2) is 17.3 Å². The summed E-state index contributed by atoms with van der Waals surface area (Å²) in [7, 11) is 0. The molecule has 0 heterocycles. The number of nitrogens with one attached hydrogen (secondary N) is 1. The van der Waals surface area contributed by atoms with Crippen LogP contribution in [0.5, 0.6) is 0 Å². The monoisotopic (exact) mass is 265 g/mol. The largest absolute Gasteiger partial charge is 0.478 e. The van der Waals surface area contributed by atoms with E-state index in [1.165, 1.54) is 12.1 Å². The van der Waals surface area contributed by atoms with Crippen molar-refractivity contribution < 1.29 is 9.90 Å². The molecule has 2 aromatic carbocycles. The molecule has 0 saturated carbocycles. The smallest absolute Gasteiger partial charge is 0.335 e. The highest BCUT2D eigenvalue weighted by atomic mass is 16.4. The number of hydrogen-bond acceptors (Lipinski definition) is 4. The normalized spacial score (nSPS) is 10.2. The van der Waals surface area contributed by atoms with Crippen LogP contribution in [0.25, 0.3) is 0 Å². The zero-order chi connectivity index (χ0) is 14.4. The number of hydrazone groups is 1. The van der Waals surface area contributed by atoms with Gasteiger partial charge in [-0.15, -0.1) is 0 Å². The molecule has 0 spiro atoms. The number of benzene rings is 2. The van der Waals surface area contributed by atoms with E-state index < -0.39 is 5.97 Å². The van der Waals surface area contributed by atoms with Crippen molar-refractivity contribution >= 4 is 17.9 Å². The second-order valence-electron chi connectivity index (χ2n) is 3.99. The molecule has 2 aromatic rings. The lowest BCUT2D eigenvalue weighted by Gasteiger charge is -2.00. The van der Waals surface area contributed by atoms with Crippen molar-refractivity contribution in [3.8, 4) is 6.07 Å². The quantitative estimate of drug-likeness (QED) is 0.657. The Bertz CT molecular complexity index is 668. The highest BCUT2D eigenvalue weighted by molar-refractivity contribution is 5.88. The van der Waals surface area contributed by atoms with Crippen molar-refractivity contribution in [3.05, 3.63) is 65.2 Å². The van der Waals surface area contributed by atoms with Crippen LogP contribution in [0.4, 0.5) is 5.69 Å². The van der Waals surface area contributed by atoms with Crippen molar-refractivity contribution in [2.45, 2.75) is 0 Å². The minimum absolute atomic E-state index is 0.228. The molecule has 0 amide bonds. The molecule has 0 aromatic heterocycles. The topological polar surface area (TPSA) is 85.5 Å². The molecular formula is C15H11N3O2. The van der Waals surface area contributed by atoms with E-state index in [0.29, 0.717) is 11.3 Å². The number of rotatable bonds is 4. The molecule has 20 heavy (non-hydrogen) atoms. The molecule has 5 heteroatoms. The van der Waals surface area contributed by atoms with E-state index in [1.54, 1.807) is 42.6 Å². The fraction of sp³-hybridized carbons (Fsp3) is 0. The average Bonchev–Trinajstić information content (AvgIpc) is 2.48. The number of aromatic carboxylic acids is 1.